The number of fused-ring (bicyclic) bond motifs is 11. The number of esters is 2. The SMILES string of the molecule is CC1=C2C=C3[C@]4(CC5=C6[C@@H](C4)C4=C(C)C(=O)OC4=C[C@@]6(C)[C@@H]4C[C@H]54)[C@H]4C[C@H]4[C@]3(C)C=C2OC1=O. The fraction of sp³-hybridized carbons (Fsp3) is 0.533. The van der Waals surface area contributed by atoms with Gasteiger partial charge in [0, 0.05) is 44.5 Å². The number of carbonyl (C=O) groups excluding carboxylic acids is 2. The molecule has 0 aromatic carbocycles. The molecule has 2 aliphatic heterocycles. The lowest BCUT2D eigenvalue weighted by Gasteiger charge is -2.50. The van der Waals surface area contributed by atoms with E-state index in [4.69, 9.17) is 9.47 Å². The first kappa shape index (κ1) is 18.7. The van der Waals surface area contributed by atoms with Crippen LogP contribution >= 0.6 is 0 Å². The summed E-state index contributed by atoms with van der Waals surface area (Å²) in [7, 11) is 0. The van der Waals surface area contributed by atoms with Gasteiger partial charge in [0.15, 0.2) is 0 Å². The predicted molar refractivity (Wildman–Crippen MR) is 123 cm³/mol. The Labute approximate surface area is 199 Å². The molecule has 3 saturated carbocycles. The normalized spacial score (nSPS) is 50.1. The molecular formula is C30H28O4. The summed E-state index contributed by atoms with van der Waals surface area (Å²) in [5.41, 5.74) is 8.66. The second-order valence-corrected chi connectivity index (χ2v) is 12.9. The lowest BCUT2D eigenvalue weighted by atomic mass is 9.53. The summed E-state index contributed by atoms with van der Waals surface area (Å²) >= 11 is 0. The van der Waals surface area contributed by atoms with Crippen LogP contribution in [-0.2, 0) is 19.1 Å². The number of hydrogen-bond donors (Lipinski definition) is 0. The van der Waals surface area contributed by atoms with Crippen LogP contribution in [0.3, 0.4) is 0 Å². The van der Waals surface area contributed by atoms with E-state index in [1.165, 1.54) is 24.0 Å². The minimum absolute atomic E-state index is 0.0414. The van der Waals surface area contributed by atoms with Gasteiger partial charge in [-0.25, -0.2) is 9.59 Å². The molecule has 8 atom stereocenters. The molecule has 0 aromatic heterocycles. The highest BCUT2D eigenvalue weighted by Gasteiger charge is 2.74. The summed E-state index contributed by atoms with van der Waals surface area (Å²) in [6, 6.07) is 0. The van der Waals surface area contributed by atoms with Gasteiger partial charge < -0.3 is 9.47 Å². The summed E-state index contributed by atoms with van der Waals surface area (Å²) in [5, 5.41) is 0. The third-order valence-electron chi connectivity index (χ3n) is 11.6. The van der Waals surface area contributed by atoms with Crippen LogP contribution in [0.25, 0.3) is 0 Å². The first-order valence-electron chi connectivity index (χ1n) is 13.0. The van der Waals surface area contributed by atoms with E-state index in [1.54, 1.807) is 11.1 Å². The van der Waals surface area contributed by atoms with Crippen molar-refractivity contribution in [3.05, 3.63) is 68.8 Å². The Hall–Kier alpha value is -2.62. The van der Waals surface area contributed by atoms with Crippen LogP contribution < -0.4 is 0 Å². The minimum atomic E-state index is -0.200. The maximum Gasteiger partial charge on any atom is 0.339 e. The molecule has 1 spiro atoms. The second kappa shape index (κ2) is 5.01. The molecule has 0 radical (unpaired) electrons. The third-order valence-corrected chi connectivity index (χ3v) is 11.6. The average Bonchev–Trinajstić information content (AvgIpc) is 3.67. The molecule has 0 bridgehead atoms. The standard InChI is InChI=1S/C30H28O4/c1-12-14-6-23-28(3,10-21(14)33-26(12)31)19-7-20(19)30(23)8-16-15-5-18(15)29(4)11-22-24(13(2)27(32)34-22)17(9-30)25(16)29/h6,10-11,15,17-20H,5,7-9H2,1-4H3/t15-,17+,18-,19-,20+,28+,29+,30+/m1/s1. The highest BCUT2D eigenvalue weighted by atomic mass is 16.5. The van der Waals surface area contributed by atoms with Gasteiger partial charge in [0.2, 0.25) is 0 Å². The van der Waals surface area contributed by atoms with Gasteiger partial charge in [-0.15, -0.1) is 0 Å². The van der Waals surface area contributed by atoms with Crippen molar-refractivity contribution >= 4 is 11.9 Å². The van der Waals surface area contributed by atoms with E-state index in [1.807, 2.05) is 13.8 Å². The van der Waals surface area contributed by atoms with Crippen molar-refractivity contribution in [2.45, 2.75) is 53.4 Å². The number of hydrogen-bond acceptors (Lipinski definition) is 4. The summed E-state index contributed by atoms with van der Waals surface area (Å²) in [4.78, 5) is 25.0. The molecule has 0 saturated heterocycles. The summed E-state index contributed by atoms with van der Waals surface area (Å²) < 4.78 is 11.5. The summed E-state index contributed by atoms with van der Waals surface area (Å²) in [6.07, 6.45) is 11.7. The largest absolute Gasteiger partial charge is 0.423 e. The molecule has 9 aliphatic rings. The van der Waals surface area contributed by atoms with Gasteiger partial charge >= 0.3 is 11.9 Å². The maximum absolute atomic E-state index is 12.7. The molecule has 0 amide bonds. The van der Waals surface area contributed by atoms with Gasteiger partial charge in [-0.3, -0.25) is 0 Å². The Bertz CT molecular complexity index is 1430. The van der Waals surface area contributed by atoms with Crippen LogP contribution in [0, 0.1) is 45.8 Å². The topological polar surface area (TPSA) is 52.6 Å². The Morgan fingerprint density at radius 2 is 1.62 bits per heavy atom. The lowest BCUT2D eigenvalue weighted by Crippen LogP contribution is -2.40. The molecule has 172 valence electrons. The molecular weight excluding hydrogens is 424 g/mol. The molecule has 4 heteroatoms. The molecule has 2 heterocycles. The van der Waals surface area contributed by atoms with Crippen molar-refractivity contribution in [2.24, 2.45) is 45.8 Å². The number of ether oxygens (including phenoxy) is 2. The van der Waals surface area contributed by atoms with Crippen molar-refractivity contribution in [3.8, 4) is 0 Å². The first-order chi connectivity index (χ1) is 16.2. The van der Waals surface area contributed by atoms with Crippen molar-refractivity contribution in [3.63, 3.8) is 0 Å². The number of carbonyl (C=O) groups is 2. The number of allylic oxidation sites excluding steroid dienone is 7. The van der Waals surface area contributed by atoms with Crippen molar-refractivity contribution in [1.29, 1.82) is 0 Å². The van der Waals surface area contributed by atoms with E-state index < -0.39 is 0 Å². The maximum atomic E-state index is 12.7. The highest BCUT2D eigenvalue weighted by Crippen LogP contribution is 2.82. The van der Waals surface area contributed by atoms with Crippen molar-refractivity contribution < 1.29 is 19.1 Å². The van der Waals surface area contributed by atoms with E-state index in [9.17, 15) is 9.59 Å². The van der Waals surface area contributed by atoms with Gasteiger partial charge in [0.05, 0.1) is 0 Å². The average molecular weight is 453 g/mol. The first-order valence-corrected chi connectivity index (χ1v) is 13.0. The van der Waals surface area contributed by atoms with Gasteiger partial charge in [0.25, 0.3) is 0 Å². The fourth-order valence-corrected chi connectivity index (χ4v) is 10.1. The zero-order valence-electron chi connectivity index (χ0n) is 20.1. The molecule has 0 N–H and O–H groups in total. The quantitative estimate of drug-likeness (QED) is 0.362. The monoisotopic (exact) mass is 452 g/mol. The minimum Gasteiger partial charge on any atom is -0.423 e. The fourth-order valence-electron chi connectivity index (χ4n) is 10.1. The molecule has 3 fully saturated rings. The Balaban J connectivity index is 1.28. The summed E-state index contributed by atoms with van der Waals surface area (Å²) in [6.45, 7) is 8.64. The highest BCUT2D eigenvalue weighted by molar-refractivity contribution is 5.96. The van der Waals surface area contributed by atoms with Crippen LogP contribution in [0.1, 0.15) is 53.4 Å². The third kappa shape index (κ3) is 1.72. The Morgan fingerprint density at radius 1 is 0.882 bits per heavy atom. The molecule has 0 unspecified atom stereocenters. The van der Waals surface area contributed by atoms with Crippen LogP contribution in [0.15, 0.2) is 68.8 Å². The number of rotatable bonds is 0. The Kier molecular flexibility index (Phi) is 2.75. The van der Waals surface area contributed by atoms with Crippen LogP contribution in [0.5, 0.6) is 0 Å². The van der Waals surface area contributed by atoms with E-state index in [-0.39, 0.29) is 34.1 Å². The molecule has 0 aromatic rings. The zero-order valence-corrected chi connectivity index (χ0v) is 20.1. The van der Waals surface area contributed by atoms with Crippen LogP contribution in [-0.4, -0.2) is 11.9 Å². The second-order valence-electron chi connectivity index (χ2n) is 12.9. The van der Waals surface area contributed by atoms with Crippen molar-refractivity contribution in [2.75, 3.05) is 0 Å². The van der Waals surface area contributed by atoms with Gasteiger partial charge in [-0.2, -0.15) is 0 Å². The van der Waals surface area contributed by atoms with E-state index in [0.717, 1.165) is 41.1 Å². The molecule has 34 heavy (non-hydrogen) atoms. The summed E-state index contributed by atoms with van der Waals surface area (Å²) in [5.74, 6) is 4.20. The lowest BCUT2D eigenvalue weighted by molar-refractivity contribution is -0.134. The van der Waals surface area contributed by atoms with Crippen LogP contribution in [0.2, 0.25) is 0 Å². The van der Waals surface area contributed by atoms with Gasteiger partial charge in [-0.05, 0) is 75.4 Å². The van der Waals surface area contributed by atoms with Crippen molar-refractivity contribution in [1.82, 2.24) is 0 Å². The van der Waals surface area contributed by atoms with E-state index in [0.29, 0.717) is 23.7 Å². The van der Waals surface area contributed by atoms with E-state index >= 15 is 0 Å². The van der Waals surface area contributed by atoms with Crippen LogP contribution in [0.4, 0.5) is 0 Å². The Morgan fingerprint density at radius 3 is 2.44 bits per heavy atom. The van der Waals surface area contributed by atoms with E-state index in [2.05, 4.69) is 32.1 Å². The van der Waals surface area contributed by atoms with Gasteiger partial charge in [-0.1, -0.05) is 36.6 Å². The zero-order chi connectivity index (χ0) is 23.1. The molecule has 9 rings (SSSR count). The predicted octanol–water partition coefficient (Wildman–Crippen LogP) is 5.46. The molecule has 4 nitrogen and oxygen atoms in total. The van der Waals surface area contributed by atoms with Gasteiger partial charge in [0.1, 0.15) is 11.5 Å². The molecule has 7 aliphatic carbocycles. The smallest absolute Gasteiger partial charge is 0.339 e.